The van der Waals surface area contributed by atoms with Crippen LogP contribution in [0.5, 0.6) is 5.75 Å². The molecule has 1 fully saturated rings. The van der Waals surface area contributed by atoms with Gasteiger partial charge in [0.2, 0.25) is 5.91 Å². The van der Waals surface area contributed by atoms with Gasteiger partial charge in [0.05, 0.1) is 6.42 Å². The Kier molecular flexibility index (Phi) is 9.18. The average molecular weight is 495 g/mol. The first-order valence-electron chi connectivity index (χ1n) is 11.6. The maximum Gasteiger partial charge on any atom is 0.339 e. The highest BCUT2D eigenvalue weighted by Gasteiger charge is 2.22. The molecule has 6 N–H and O–H groups in total. The van der Waals surface area contributed by atoms with Crippen LogP contribution in [-0.4, -0.2) is 59.6 Å². The van der Waals surface area contributed by atoms with E-state index in [1.54, 1.807) is 42.5 Å². The second-order valence-electron chi connectivity index (χ2n) is 8.39. The molecule has 3 rings (SSSR count). The largest absolute Gasteiger partial charge is 0.489 e. The van der Waals surface area contributed by atoms with E-state index in [1.165, 1.54) is 11.0 Å². The summed E-state index contributed by atoms with van der Waals surface area (Å²) >= 11 is 0. The Bertz CT molecular complexity index is 1160. The van der Waals surface area contributed by atoms with Gasteiger partial charge in [-0.05, 0) is 55.8 Å². The summed E-state index contributed by atoms with van der Waals surface area (Å²) in [4.78, 5) is 37.3. The number of carbonyl (C=O) groups is 3. The predicted octanol–water partition coefficient (Wildman–Crippen LogP) is 2.71. The molecule has 0 atom stereocenters. The number of benzene rings is 2. The summed E-state index contributed by atoms with van der Waals surface area (Å²) in [6.07, 6.45) is 4.29. The monoisotopic (exact) mass is 494 g/mol. The molecule has 0 unspecified atom stereocenters. The number of carboxylic acid groups (broad SMARTS) is 2. The number of amides is 1. The Morgan fingerprint density at radius 2 is 1.86 bits per heavy atom. The maximum atomic E-state index is 12.9. The van der Waals surface area contributed by atoms with Crippen LogP contribution in [0, 0.1) is 5.41 Å². The molecule has 36 heavy (non-hydrogen) atoms. The number of anilines is 1. The van der Waals surface area contributed by atoms with Crippen LogP contribution >= 0.6 is 0 Å². The minimum Gasteiger partial charge on any atom is -0.489 e. The number of nitrogens with two attached hydrogens (primary N) is 1. The van der Waals surface area contributed by atoms with E-state index in [4.69, 9.17) is 21.0 Å². The van der Waals surface area contributed by atoms with Crippen molar-refractivity contribution in [1.82, 2.24) is 5.32 Å². The van der Waals surface area contributed by atoms with Crippen LogP contribution in [0.2, 0.25) is 0 Å². The van der Waals surface area contributed by atoms with Gasteiger partial charge in [-0.25, -0.2) is 4.79 Å². The number of aromatic carboxylic acids is 1. The molecule has 0 saturated carbocycles. The molecular formula is C26H30N4O6. The number of piperidine rings is 1. The number of carboxylic acids is 2. The summed E-state index contributed by atoms with van der Waals surface area (Å²) in [5.74, 6) is -2.58. The zero-order valence-corrected chi connectivity index (χ0v) is 19.8. The number of nitrogens with one attached hydrogen (secondary N) is 2. The lowest BCUT2D eigenvalue weighted by atomic mass is 10.1. The Balaban J connectivity index is 1.86. The zero-order chi connectivity index (χ0) is 26.1. The molecular weight excluding hydrogens is 464 g/mol. The van der Waals surface area contributed by atoms with E-state index in [-0.39, 0.29) is 42.6 Å². The van der Waals surface area contributed by atoms with Crippen molar-refractivity contribution in [2.75, 3.05) is 24.5 Å². The Morgan fingerprint density at radius 1 is 1.11 bits per heavy atom. The number of hydrogen-bond acceptors (Lipinski definition) is 6. The van der Waals surface area contributed by atoms with Gasteiger partial charge in [-0.15, -0.1) is 0 Å². The fraction of sp³-hybridized carbons (Fsp3) is 0.308. The van der Waals surface area contributed by atoms with E-state index < -0.39 is 17.8 Å². The van der Waals surface area contributed by atoms with Crippen molar-refractivity contribution < 1.29 is 29.3 Å². The number of nitrogens with zero attached hydrogens (tertiary/aromatic N) is 1. The minimum absolute atomic E-state index is 0.0660. The van der Waals surface area contributed by atoms with Crippen LogP contribution in [0.15, 0.2) is 48.5 Å². The van der Waals surface area contributed by atoms with E-state index in [2.05, 4.69) is 5.32 Å². The number of rotatable bonds is 11. The van der Waals surface area contributed by atoms with Crippen molar-refractivity contribution in [2.45, 2.75) is 31.8 Å². The first-order valence-corrected chi connectivity index (χ1v) is 11.6. The molecule has 1 heterocycles. The summed E-state index contributed by atoms with van der Waals surface area (Å²) in [6, 6.07) is 11.5. The highest BCUT2D eigenvalue weighted by Crippen LogP contribution is 2.28. The van der Waals surface area contributed by atoms with Gasteiger partial charge in [-0.2, -0.15) is 0 Å². The molecule has 190 valence electrons. The molecule has 0 aromatic heterocycles. The van der Waals surface area contributed by atoms with Gasteiger partial charge in [0, 0.05) is 24.2 Å². The molecule has 10 nitrogen and oxygen atoms in total. The first-order chi connectivity index (χ1) is 17.2. The fourth-order valence-electron chi connectivity index (χ4n) is 3.85. The third-order valence-electron chi connectivity index (χ3n) is 5.73. The molecule has 0 aliphatic carbocycles. The van der Waals surface area contributed by atoms with Gasteiger partial charge in [0.1, 0.15) is 23.3 Å². The van der Waals surface area contributed by atoms with E-state index in [9.17, 15) is 19.5 Å². The van der Waals surface area contributed by atoms with Crippen molar-refractivity contribution in [1.29, 1.82) is 5.41 Å². The third kappa shape index (κ3) is 7.41. The van der Waals surface area contributed by atoms with E-state index >= 15 is 0 Å². The van der Waals surface area contributed by atoms with Crippen LogP contribution in [0.4, 0.5) is 5.69 Å². The normalized spacial score (nSPS) is 13.9. The standard InChI is InChI=1S/C26H30N4O6/c27-25(28)18-5-1-3-17(15-18)4-2-14-30(23(31)8-9-24(32)33)19-6-7-22(21(16-19)26(34)35)36-20-10-12-29-13-11-20/h1-7,15-16,20,29H,8-14H2,(H3,27,28)(H,32,33)(H,34,35)/b4-2+. The molecule has 0 bridgehead atoms. The summed E-state index contributed by atoms with van der Waals surface area (Å²) < 4.78 is 5.95. The Labute approximate surface area is 208 Å². The molecule has 1 aliphatic heterocycles. The van der Waals surface area contributed by atoms with Gasteiger partial charge in [0.15, 0.2) is 0 Å². The molecule has 1 aliphatic rings. The third-order valence-corrected chi connectivity index (χ3v) is 5.73. The smallest absolute Gasteiger partial charge is 0.339 e. The number of nitrogen functional groups attached to an aromatic ring is 1. The highest BCUT2D eigenvalue weighted by atomic mass is 16.5. The maximum absolute atomic E-state index is 12.9. The minimum atomic E-state index is -1.18. The molecule has 2 aromatic carbocycles. The second-order valence-corrected chi connectivity index (χ2v) is 8.39. The number of amidine groups is 1. The number of ether oxygens (including phenoxy) is 1. The summed E-state index contributed by atoms with van der Waals surface area (Å²) in [7, 11) is 0. The zero-order valence-electron chi connectivity index (χ0n) is 19.8. The lowest BCUT2D eigenvalue weighted by Gasteiger charge is -2.26. The fourth-order valence-corrected chi connectivity index (χ4v) is 3.85. The van der Waals surface area contributed by atoms with Gasteiger partial charge in [-0.3, -0.25) is 15.0 Å². The molecule has 10 heteroatoms. The summed E-state index contributed by atoms with van der Waals surface area (Å²) in [5.41, 5.74) is 7.11. The number of aliphatic carboxylic acids is 1. The highest BCUT2D eigenvalue weighted by molar-refractivity contribution is 5.98. The lowest BCUT2D eigenvalue weighted by Crippen LogP contribution is -2.34. The van der Waals surface area contributed by atoms with Gasteiger partial charge in [0.25, 0.3) is 0 Å². The Hall–Kier alpha value is -4.18. The quantitative estimate of drug-likeness (QED) is 0.235. The predicted molar refractivity (Wildman–Crippen MR) is 136 cm³/mol. The van der Waals surface area contributed by atoms with E-state index in [1.807, 2.05) is 6.07 Å². The van der Waals surface area contributed by atoms with Crippen LogP contribution in [0.1, 0.15) is 47.2 Å². The van der Waals surface area contributed by atoms with Crippen molar-refractivity contribution in [2.24, 2.45) is 5.73 Å². The van der Waals surface area contributed by atoms with Crippen molar-refractivity contribution >= 4 is 35.4 Å². The molecule has 0 spiro atoms. The van der Waals surface area contributed by atoms with Crippen molar-refractivity contribution in [3.05, 3.63) is 65.2 Å². The van der Waals surface area contributed by atoms with Crippen molar-refractivity contribution in [3.8, 4) is 5.75 Å². The number of carbonyl (C=O) groups excluding carboxylic acids is 1. The van der Waals surface area contributed by atoms with Crippen molar-refractivity contribution in [3.63, 3.8) is 0 Å². The van der Waals surface area contributed by atoms with E-state index in [0.29, 0.717) is 11.3 Å². The van der Waals surface area contributed by atoms with Crippen LogP contribution in [-0.2, 0) is 9.59 Å². The van der Waals surface area contributed by atoms with Crippen LogP contribution in [0.25, 0.3) is 6.08 Å². The van der Waals surface area contributed by atoms with Crippen LogP contribution < -0.4 is 20.7 Å². The lowest BCUT2D eigenvalue weighted by molar-refractivity contribution is -0.138. The molecule has 1 saturated heterocycles. The summed E-state index contributed by atoms with van der Waals surface area (Å²) in [6.45, 7) is 1.66. The molecule has 2 aromatic rings. The first kappa shape index (κ1) is 26.4. The Morgan fingerprint density at radius 3 is 2.53 bits per heavy atom. The van der Waals surface area contributed by atoms with Gasteiger partial charge >= 0.3 is 11.9 Å². The SMILES string of the molecule is N=C(N)c1cccc(/C=C/CN(C(=O)CCC(=O)O)c2ccc(OC3CCNCC3)c(C(=O)O)c2)c1. The van der Waals surface area contributed by atoms with Gasteiger partial charge in [-0.1, -0.05) is 30.4 Å². The van der Waals surface area contributed by atoms with Crippen LogP contribution in [0.3, 0.4) is 0 Å². The number of hydrogen-bond donors (Lipinski definition) is 5. The topological polar surface area (TPSA) is 166 Å². The van der Waals surface area contributed by atoms with Gasteiger partial charge < -0.3 is 30.9 Å². The van der Waals surface area contributed by atoms with E-state index in [0.717, 1.165) is 31.5 Å². The second kappa shape index (κ2) is 12.5. The molecule has 1 amide bonds. The average Bonchev–Trinajstić information content (AvgIpc) is 2.86. The summed E-state index contributed by atoms with van der Waals surface area (Å²) in [5, 5.41) is 29.6. The molecule has 0 radical (unpaired) electrons.